The molecule has 0 unspecified atom stereocenters. The Balaban J connectivity index is 2.20. The molecule has 0 radical (unpaired) electrons. The molecule has 0 spiro atoms. The van der Waals surface area contributed by atoms with E-state index in [9.17, 15) is 0 Å². The molecule has 2 aromatic carbocycles. The summed E-state index contributed by atoms with van der Waals surface area (Å²) < 4.78 is 6.39. The third-order valence-electron chi connectivity index (χ3n) is 3.18. The molecule has 3 rings (SSSR count). The SMILES string of the molecule is Cc1ccc(-c2c(N)noc2-c2ccccc2Br)cc1. The van der Waals surface area contributed by atoms with E-state index in [-0.39, 0.29) is 0 Å². The van der Waals surface area contributed by atoms with E-state index < -0.39 is 0 Å². The second-order valence-corrected chi connectivity index (χ2v) is 5.47. The lowest BCUT2D eigenvalue weighted by Crippen LogP contribution is -1.89. The quantitative estimate of drug-likeness (QED) is 0.744. The van der Waals surface area contributed by atoms with Crippen LogP contribution in [0.4, 0.5) is 5.82 Å². The highest BCUT2D eigenvalue weighted by molar-refractivity contribution is 9.10. The number of nitrogens with zero attached hydrogens (tertiary/aromatic N) is 1. The van der Waals surface area contributed by atoms with Gasteiger partial charge >= 0.3 is 0 Å². The summed E-state index contributed by atoms with van der Waals surface area (Å²) >= 11 is 3.53. The van der Waals surface area contributed by atoms with Crippen LogP contribution in [-0.4, -0.2) is 5.16 Å². The van der Waals surface area contributed by atoms with E-state index in [0.29, 0.717) is 11.6 Å². The molecule has 100 valence electrons. The first-order chi connectivity index (χ1) is 9.66. The smallest absolute Gasteiger partial charge is 0.178 e. The number of rotatable bonds is 2. The van der Waals surface area contributed by atoms with Crippen molar-refractivity contribution >= 4 is 21.7 Å². The Kier molecular flexibility index (Phi) is 3.32. The minimum Gasteiger partial charge on any atom is -0.380 e. The number of aryl methyl sites for hydroxylation is 1. The average Bonchev–Trinajstić information content (AvgIpc) is 2.82. The van der Waals surface area contributed by atoms with Crippen LogP contribution in [0, 0.1) is 6.92 Å². The summed E-state index contributed by atoms with van der Waals surface area (Å²) in [6, 6.07) is 16.0. The zero-order valence-electron chi connectivity index (χ0n) is 10.9. The Labute approximate surface area is 125 Å². The molecular weight excluding hydrogens is 316 g/mol. The fourth-order valence-corrected chi connectivity index (χ4v) is 2.60. The fourth-order valence-electron chi connectivity index (χ4n) is 2.13. The molecule has 0 aliphatic rings. The van der Waals surface area contributed by atoms with Gasteiger partial charge < -0.3 is 10.3 Å². The van der Waals surface area contributed by atoms with Crippen LogP contribution in [-0.2, 0) is 0 Å². The van der Waals surface area contributed by atoms with Crippen molar-refractivity contribution in [2.24, 2.45) is 0 Å². The summed E-state index contributed by atoms with van der Waals surface area (Å²) in [5.41, 5.74) is 9.95. The van der Waals surface area contributed by atoms with Crippen molar-refractivity contribution in [1.29, 1.82) is 0 Å². The number of hydrogen-bond acceptors (Lipinski definition) is 3. The average molecular weight is 329 g/mol. The van der Waals surface area contributed by atoms with Crippen LogP contribution in [0.25, 0.3) is 22.5 Å². The predicted molar refractivity (Wildman–Crippen MR) is 84.2 cm³/mol. The summed E-state index contributed by atoms with van der Waals surface area (Å²) in [6.45, 7) is 2.05. The van der Waals surface area contributed by atoms with Gasteiger partial charge in [0, 0.05) is 10.0 Å². The van der Waals surface area contributed by atoms with Crippen LogP contribution in [0.15, 0.2) is 57.5 Å². The van der Waals surface area contributed by atoms with E-state index in [0.717, 1.165) is 21.2 Å². The zero-order chi connectivity index (χ0) is 14.1. The van der Waals surface area contributed by atoms with Crippen molar-refractivity contribution in [3.05, 3.63) is 58.6 Å². The van der Waals surface area contributed by atoms with Crippen LogP contribution in [0.3, 0.4) is 0 Å². The molecule has 1 aromatic heterocycles. The highest BCUT2D eigenvalue weighted by Crippen LogP contribution is 2.39. The van der Waals surface area contributed by atoms with Crippen LogP contribution in [0.1, 0.15) is 5.56 Å². The minimum atomic E-state index is 0.402. The van der Waals surface area contributed by atoms with Gasteiger partial charge in [-0.25, -0.2) is 0 Å². The molecule has 0 aliphatic carbocycles. The van der Waals surface area contributed by atoms with Gasteiger partial charge in [0.2, 0.25) is 0 Å². The lowest BCUT2D eigenvalue weighted by molar-refractivity contribution is 0.436. The lowest BCUT2D eigenvalue weighted by Gasteiger charge is -2.05. The molecule has 0 aliphatic heterocycles. The lowest BCUT2D eigenvalue weighted by atomic mass is 10.0. The normalized spacial score (nSPS) is 10.7. The van der Waals surface area contributed by atoms with Gasteiger partial charge in [-0.2, -0.15) is 0 Å². The number of hydrogen-bond donors (Lipinski definition) is 1. The predicted octanol–water partition coefficient (Wildman–Crippen LogP) is 4.66. The van der Waals surface area contributed by atoms with E-state index in [1.807, 2.05) is 48.5 Å². The van der Waals surface area contributed by atoms with E-state index in [4.69, 9.17) is 10.3 Å². The maximum atomic E-state index is 5.98. The Morgan fingerprint density at radius 3 is 2.45 bits per heavy atom. The van der Waals surface area contributed by atoms with Gasteiger partial charge in [0.25, 0.3) is 0 Å². The maximum Gasteiger partial charge on any atom is 0.178 e. The number of aromatic nitrogens is 1. The molecule has 0 saturated heterocycles. The molecule has 4 heteroatoms. The summed E-state index contributed by atoms with van der Waals surface area (Å²) in [5, 5.41) is 3.91. The molecule has 2 N–H and O–H groups in total. The molecule has 0 bridgehead atoms. The molecule has 3 nitrogen and oxygen atoms in total. The summed E-state index contributed by atoms with van der Waals surface area (Å²) in [6.07, 6.45) is 0. The van der Waals surface area contributed by atoms with Crippen molar-refractivity contribution < 1.29 is 4.52 Å². The van der Waals surface area contributed by atoms with Gasteiger partial charge in [-0.15, -0.1) is 0 Å². The third kappa shape index (κ3) is 2.23. The largest absolute Gasteiger partial charge is 0.380 e. The van der Waals surface area contributed by atoms with Crippen molar-refractivity contribution in [2.75, 3.05) is 5.73 Å². The molecule has 3 aromatic rings. The number of nitrogens with two attached hydrogens (primary N) is 1. The molecule has 0 amide bonds. The van der Waals surface area contributed by atoms with E-state index in [1.165, 1.54) is 5.56 Å². The number of benzene rings is 2. The minimum absolute atomic E-state index is 0.402. The van der Waals surface area contributed by atoms with E-state index in [2.05, 4.69) is 28.0 Å². The first kappa shape index (κ1) is 12.9. The van der Waals surface area contributed by atoms with Gasteiger partial charge in [0.1, 0.15) is 0 Å². The van der Waals surface area contributed by atoms with Crippen molar-refractivity contribution in [3.63, 3.8) is 0 Å². The molecule has 0 fully saturated rings. The second kappa shape index (κ2) is 5.13. The van der Waals surface area contributed by atoms with Crippen molar-refractivity contribution in [2.45, 2.75) is 6.92 Å². The maximum absolute atomic E-state index is 5.98. The summed E-state index contributed by atoms with van der Waals surface area (Å²) in [7, 11) is 0. The Morgan fingerprint density at radius 1 is 1.05 bits per heavy atom. The topological polar surface area (TPSA) is 52.0 Å². The highest BCUT2D eigenvalue weighted by atomic mass is 79.9. The summed E-state index contributed by atoms with van der Waals surface area (Å²) in [4.78, 5) is 0. The van der Waals surface area contributed by atoms with Crippen LogP contribution in [0.5, 0.6) is 0 Å². The highest BCUT2D eigenvalue weighted by Gasteiger charge is 2.19. The van der Waals surface area contributed by atoms with Gasteiger partial charge in [-0.05, 0) is 24.6 Å². The molecular formula is C16H13BrN2O. The monoisotopic (exact) mass is 328 g/mol. The van der Waals surface area contributed by atoms with Gasteiger partial charge in [0.05, 0.1) is 5.56 Å². The van der Waals surface area contributed by atoms with Crippen molar-refractivity contribution in [3.8, 4) is 22.5 Å². The summed E-state index contributed by atoms with van der Waals surface area (Å²) in [5.74, 6) is 1.08. The third-order valence-corrected chi connectivity index (χ3v) is 3.87. The van der Waals surface area contributed by atoms with Crippen molar-refractivity contribution in [1.82, 2.24) is 5.16 Å². The van der Waals surface area contributed by atoms with Gasteiger partial charge in [-0.3, -0.25) is 0 Å². The number of nitrogen functional groups attached to an aromatic ring is 1. The Morgan fingerprint density at radius 2 is 1.75 bits per heavy atom. The van der Waals surface area contributed by atoms with Gasteiger partial charge in [0.15, 0.2) is 11.6 Å². The van der Waals surface area contributed by atoms with E-state index in [1.54, 1.807) is 0 Å². The standard InChI is InChI=1S/C16H13BrN2O/c1-10-6-8-11(9-7-10)14-15(20-19-16(14)18)12-4-2-3-5-13(12)17/h2-9H,1H3,(H2,18,19). The first-order valence-electron chi connectivity index (χ1n) is 6.24. The van der Waals surface area contributed by atoms with Gasteiger partial charge in [-0.1, -0.05) is 63.0 Å². The second-order valence-electron chi connectivity index (χ2n) is 4.62. The first-order valence-corrected chi connectivity index (χ1v) is 7.03. The van der Waals surface area contributed by atoms with Crippen LogP contribution >= 0.6 is 15.9 Å². The number of halogens is 1. The van der Waals surface area contributed by atoms with Crippen LogP contribution in [0.2, 0.25) is 0 Å². The molecule has 1 heterocycles. The molecule has 0 atom stereocenters. The molecule has 20 heavy (non-hydrogen) atoms. The number of anilines is 1. The molecule has 0 saturated carbocycles. The Hall–Kier alpha value is -2.07. The fraction of sp³-hybridized carbons (Fsp3) is 0.0625. The van der Waals surface area contributed by atoms with E-state index >= 15 is 0 Å². The Bertz CT molecular complexity index is 747. The zero-order valence-corrected chi connectivity index (χ0v) is 12.5. The van der Waals surface area contributed by atoms with Crippen LogP contribution < -0.4 is 5.73 Å².